The molecule has 1 aromatic heterocycles. The average Bonchev–Trinajstić information content (AvgIpc) is 2.72. The normalized spacial score (nSPS) is 25.3. The summed E-state index contributed by atoms with van der Waals surface area (Å²) >= 11 is 0. The van der Waals surface area contributed by atoms with Gasteiger partial charge in [-0.05, 0) is 24.6 Å². The van der Waals surface area contributed by atoms with Crippen LogP contribution in [0.1, 0.15) is 12.5 Å². The highest BCUT2D eigenvalue weighted by Gasteiger charge is 2.28. The Balaban J connectivity index is 2.05. The highest BCUT2D eigenvalue weighted by Crippen LogP contribution is 2.24. The van der Waals surface area contributed by atoms with Crippen molar-refractivity contribution >= 4 is 11.0 Å². The predicted molar refractivity (Wildman–Crippen MR) is 68.9 cm³/mol. The van der Waals surface area contributed by atoms with E-state index in [1.165, 1.54) is 11.1 Å². The molecule has 2 aromatic rings. The van der Waals surface area contributed by atoms with E-state index in [0.29, 0.717) is 0 Å². The lowest BCUT2D eigenvalue weighted by atomic mass is 9.90. The van der Waals surface area contributed by atoms with Crippen LogP contribution in [0, 0.1) is 0 Å². The molecule has 0 spiro atoms. The SMILES string of the molecule is Cn1cnc2cc(C3(C)CNCCN3)ccc21. The number of imidazole rings is 1. The van der Waals surface area contributed by atoms with Crippen molar-refractivity contribution < 1.29 is 0 Å². The molecule has 1 aliphatic rings. The van der Waals surface area contributed by atoms with Crippen LogP contribution in [0.5, 0.6) is 0 Å². The highest BCUT2D eigenvalue weighted by atomic mass is 15.1. The number of aryl methyl sites for hydroxylation is 1. The van der Waals surface area contributed by atoms with E-state index in [0.717, 1.165) is 25.2 Å². The minimum Gasteiger partial charge on any atom is -0.334 e. The summed E-state index contributed by atoms with van der Waals surface area (Å²) in [5.41, 5.74) is 3.57. The zero-order chi connectivity index (χ0) is 11.9. The maximum absolute atomic E-state index is 4.42. The standard InChI is InChI=1S/C13H18N4/c1-13(8-14-5-6-16-13)10-3-4-12-11(7-10)15-9-17(12)2/h3-4,7,9,14,16H,5-6,8H2,1-2H3. The van der Waals surface area contributed by atoms with Gasteiger partial charge in [0.25, 0.3) is 0 Å². The number of nitrogens with one attached hydrogen (secondary N) is 2. The number of hydrogen-bond donors (Lipinski definition) is 2. The first kappa shape index (κ1) is 10.7. The van der Waals surface area contributed by atoms with Gasteiger partial charge < -0.3 is 15.2 Å². The van der Waals surface area contributed by atoms with Crippen LogP contribution in [0.2, 0.25) is 0 Å². The molecule has 2 heterocycles. The Labute approximate surface area is 101 Å². The molecule has 3 rings (SSSR count). The van der Waals surface area contributed by atoms with Gasteiger partial charge in [-0.25, -0.2) is 4.98 Å². The molecule has 1 fully saturated rings. The third-order valence-corrected chi connectivity index (χ3v) is 3.66. The molecule has 4 heteroatoms. The number of hydrogen-bond acceptors (Lipinski definition) is 3. The fraction of sp³-hybridized carbons (Fsp3) is 0.462. The van der Waals surface area contributed by atoms with Gasteiger partial charge in [0.1, 0.15) is 0 Å². The smallest absolute Gasteiger partial charge is 0.0955 e. The van der Waals surface area contributed by atoms with Crippen LogP contribution in [0.3, 0.4) is 0 Å². The lowest BCUT2D eigenvalue weighted by Gasteiger charge is -2.36. The molecule has 0 radical (unpaired) electrons. The summed E-state index contributed by atoms with van der Waals surface area (Å²) in [5, 5.41) is 7.03. The minimum atomic E-state index is 0.0178. The number of rotatable bonds is 1. The number of fused-ring (bicyclic) bond motifs is 1. The van der Waals surface area contributed by atoms with E-state index in [9.17, 15) is 0 Å². The first-order chi connectivity index (χ1) is 8.19. The van der Waals surface area contributed by atoms with Crippen molar-refractivity contribution in [3.63, 3.8) is 0 Å². The molecule has 1 aliphatic heterocycles. The minimum absolute atomic E-state index is 0.0178. The Morgan fingerprint density at radius 3 is 3.00 bits per heavy atom. The maximum Gasteiger partial charge on any atom is 0.0955 e. The fourth-order valence-corrected chi connectivity index (χ4v) is 2.51. The molecule has 4 nitrogen and oxygen atoms in total. The van der Waals surface area contributed by atoms with E-state index >= 15 is 0 Å². The Morgan fingerprint density at radius 2 is 2.24 bits per heavy atom. The molecular formula is C13H18N4. The summed E-state index contributed by atoms with van der Waals surface area (Å²) in [6, 6.07) is 6.54. The van der Waals surface area contributed by atoms with Gasteiger partial charge in [0.2, 0.25) is 0 Å². The molecule has 17 heavy (non-hydrogen) atoms. The lowest BCUT2D eigenvalue weighted by molar-refractivity contribution is 0.303. The molecule has 90 valence electrons. The van der Waals surface area contributed by atoms with E-state index in [4.69, 9.17) is 0 Å². The summed E-state index contributed by atoms with van der Waals surface area (Å²) < 4.78 is 2.05. The van der Waals surface area contributed by atoms with Crippen LogP contribution in [-0.2, 0) is 12.6 Å². The highest BCUT2D eigenvalue weighted by molar-refractivity contribution is 5.76. The summed E-state index contributed by atoms with van der Waals surface area (Å²) in [7, 11) is 2.02. The largest absolute Gasteiger partial charge is 0.334 e. The van der Waals surface area contributed by atoms with E-state index < -0.39 is 0 Å². The summed E-state index contributed by atoms with van der Waals surface area (Å²) in [6.45, 7) is 5.26. The predicted octanol–water partition coefficient (Wildman–Crippen LogP) is 0.981. The molecule has 0 aliphatic carbocycles. The van der Waals surface area contributed by atoms with Gasteiger partial charge >= 0.3 is 0 Å². The zero-order valence-electron chi connectivity index (χ0n) is 10.3. The van der Waals surface area contributed by atoms with Crippen LogP contribution in [0.25, 0.3) is 11.0 Å². The summed E-state index contributed by atoms with van der Waals surface area (Å²) in [5.74, 6) is 0. The molecule has 0 bridgehead atoms. The average molecular weight is 230 g/mol. The third-order valence-electron chi connectivity index (χ3n) is 3.66. The zero-order valence-corrected chi connectivity index (χ0v) is 10.3. The Bertz CT molecular complexity index is 537. The van der Waals surface area contributed by atoms with E-state index in [1.54, 1.807) is 0 Å². The molecule has 0 saturated carbocycles. The quantitative estimate of drug-likeness (QED) is 0.767. The lowest BCUT2D eigenvalue weighted by Crippen LogP contribution is -2.54. The van der Waals surface area contributed by atoms with Crippen LogP contribution in [0.15, 0.2) is 24.5 Å². The van der Waals surface area contributed by atoms with Crippen molar-refractivity contribution in [3.8, 4) is 0 Å². The summed E-state index contributed by atoms with van der Waals surface area (Å²) in [6.07, 6.45) is 1.86. The van der Waals surface area contributed by atoms with Gasteiger partial charge in [0.15, 0.2) is 0 Å². The molecule has 1 saturated heterocycles. The van der Waals surface area contributed by atoms with Crippen molar-refractivity contribution in [1.82, 2.24) is 20.2 Å². The van der Waals surface area contributed by atoms with Crippen LogP contribution in [-0.4, -0.2) is 29.2 Å². The summed E-state index contributed by atoms with van der Waals surface area (Å²) in [4.78, 5) is 4.42. The van der Waals surface area contributed by atoms with Crippen LogP contribution >= 0.6 is 0 Å². The molecule has 0 amide bonds. The second-order valence-corrected chi connectivity index (χ2v) is 4.99. The van der Waals surface area contributed by atoms with E-state index in [1.807, 2.05) is 17.9 Å². The van der Waals surface area contributed by atoms with Crippen molar-refractivity contribution in [2.24, 2.45) is 7.05 Å². The monoisotopic (exact) mass is 230 g/mol. The molecular weight excluding hydrogens is 212 g/mol. The fourth-order valence-electron chi connectivity index (χ4n) is 2.51. The van der Waals surface area contributed by atoms with Gasteiger partial charge in [0.05, 0.1) is 22.9 Å². The van der Waals surface area contributed by atoms with Gasteiger partial charge in [-0.1, -0.05) is 6.07 Å². The molecule has 1 atom stereocenters. The molecule has 1 aromatic carbocycles. The van der Waals surface area contributed by atoms with Crippen molar-refractivity contribution in [2.45, 2.75) is 12.5 Å². The Morgan fingerprint density at radius 1 is 1.35 bits per heavy atom. The van der Waals surface area contributed by atoms with Gasteiger partial charge in [-0.2, -0.15) is 0 Å². The second-order valence-electron chi connectivity index (χ2n) is 4.99. The number of nitrogens with zero attached hydrogens (tertiary/aromatic N) is 2. The first-order valence-corrected chi connectivity index (χ1v) is 6.06. The van der Waals surface area contributed by atoms with Crippen molar-refractivity contribution in [2.75, 3.05) is 19.6 Å². The Hall–Kier alpha value is -1.39. The van der Waals surface area contributed by atoms with E-state index in [2.05, 4.69) is 40.7 Å². The van der Waals surface area contributed by atoms with Crippen LogP contribution < -0.4 is 10.6 Å². The second kappa shape index (κ2) is 3.82. The first-order valence-electron chi connectivity index (χ1n) is 6.06. The third kappa shape index (κ3) is 1.73. The number of benzene rings is 1. The van der Waals surface area contributed by atoms with Gasteiger partial charge in [-0.3, -0.25) is 0 Å². The van der Waals surface area contributed by atoms with E-state index in [-0.39, 0.29) is 5.54 Å². The van der Waals surface area contributed by atoms with Crippen molar-refractivity contribution in [3.05, 3.63) is 30.1 Å². The number of piperazine rings is 1. The molecule has 2 N–H and O–H groups in total. The van der Waals surface area contributed by atoms with Gasteiger partial charge in [-0.15, -0.1) is 0 Å². The topological polar surface area (TPSA) is 41.9 Å². The Kier molecular flexibility index (Phi) is 2.42. The van der Waals surface area contributed by atoms with Gasteiger partial charge in [0, 0.05) is 26.7 Å². The van der Waals surface area contributed by atoms with Crippen molar-refractivity contribution in [1.29, 1.82) is 0 Å². The van der Waals surface area contributed by atoms with Crippen LogP contribution in [0.4, 0.5) is 0 Å². The number of aromatic nitrogens is 2. The molecule has 1 unspecified atom stereocenters. The maximum atomic E-state index is 4.42.